The van der Waals surface area contributed by atoms with E-state index >= 15 is 0 Å². The Balaban J connectivity index is 2.52. The number of carbonyl (C=O) groups excluding carboxylic acids is 1. The highest BCUT2D eigenvalue weighted by molar-refractivity contribution is 5.89. The Bertz CT molecular complexity index is 669. The molecule has 0 saturated carbocycles. The lowest BCUT2D eigenvalue weighted by Crippen LogP contribution is -2.15. The number of fused-ring (bicyclic) bond motifs is 1. The van der Waals surface area contributed by atoms with E-state index in [1.165, 1.54) is 7.11 Å². The van der Waals surface area contributed by atoms with Crippen LogP contribution in [-0.2, 0) is 16.1 Å². The molecule has 1 atom stereocenters. The first-order chi connectivity index (χ1) is 9.60. The van der Waals surface area contributed by atoms with Crippen molar-refractivity contribution < 1.29 is 14.6 Å². The number of allylic oxidation sites excluding steroid dienone is 1. The second-order valence-electron chi connectivity index (χ2n) is 4.45. The average Bonchev–Trinajstić information content (AvgIpc) is 2.84. The molecule has 0 aliphatic heterocycles. The quantitative estimate of drug-likeness (QED) is 0.516. The van der Waals surface area contributed by atoms with Gasteiger partial charge in [0.05, 0.1) is 18.4 Å². The van der Waals surface area contributed by atoms with Gasteiger partial charge in [-0.1, -0.05) is 30.9 Å². The smallest absolute Gasteiger partial charge is 0.336 e. The molecule has 4 heteroatoms. The molecule has 4 nitrogen and oxygen atoms in total. The molecule has 1 aromatic heterocycles. The summed E-state index contributed by atoms with van der Waals surface area (Å²) in [5, 5.41) is 11.3. The number of benzene rings is 1. The number of nitrogens with zero attached hydrogens (tertiary/aromatic N) is 1. The van der Waals surface area contributed by atoms with E-state index in [1.54, 1.807) is 6.08 Å². The summed E-state index contributed by atoms with van der Waals surface area (Å²) in [6.45, 7) is 7.87. The van der Waals surface area contributed by atoms with Crippen LogP contribution in [0.15, 0.2) is 55.1 Å². The molecule has 1 aromatic carbocycles. The Hall–Kier alpha value is -2.33. The van der Waals surface area contributed by atoms with Gasteiger partial charge in [0.25, 0.3) is 0 Å². The lowest BCUT2D eigenvalue weighted by Gasteiger charge is -2.15. The van der Waals surface area contributed by atoms with Crippen molar-refractivity contribution in [2.24, 2.45) is 0 Å². The summed E-state index contributed by atoms with van der Waals surface area (Å²) in [6.07, 6.45) is 0.638. The zero-order chi connectivity index (χ0) is 14.7. The lowest BCUT2D eigenvalue weighted by molar-refractivity contribution is -0.137. The molecule has 1 unspecified atom stereocenters. The molecular formula is C16H17NO3. The highest BCUT2D eigenvalue weighted by Gasteiger charge is 2.23. The molecule has 0 fully saturated rings. The predicted octanol–water partition coefficient (Wildman–Crippen LogP) is 2.59. The molecule has 2 aromatic rings. The molecular weight excluding hydrogens is 254 g/mol. The van der Waals surface area contributed by atoms with Gasteiger partial charge in [-0.2, -0.15) is 0 Å². The minimum absolute atomic E-state index is 0.0145. The third kappa shape index (κ3) is 2.38. The molecule has 2 rings (SSSR count). The van der Waals surface area contributed by atoms with E-state index in [4.69, 9.17) is 0 Å². The molecule has 1 N–H and O–H groups in total. The maximum atomic E-state index is 11.5. The molecule has 1 heterocycles. The van der Waals surface area contributed by atoms with E-state index < -0.39 is 12.1 Å². The number of methoxy groups -OCH3 is 1. The van der Waals surface area contributed by atoms with E-state index in [-0.39, 0.29) is 5.57 Å². The highest BCUT2D eigenvalue weighted by atomic mass is 16.5. The Morgan fingerprint density at radius 2 is 2.20 bits per heavy atom. The van der Waals surface area contributed by atoms with Gasteiger partial charge in [0.15, 0.2) is 0 Å². The number of aliphatic hydroxyl groups excluding tert-OH is 1. The topological polar surface area (TPSA) is 51.5 Å². The van der Waals surface area contributed by atoms with Crippen LogP contribution in [0.4, 0.5) is 0 Å². The van der Waals surface area contributed by atoms with E-state index in [0.717, 1.165) is 10.9 Å². The van der Waals surface area contributed by atoms with Crippen LogP contribution in [0.5, 0.6) is 0 Å². The van der Waals surface area contributed by atoms with Gasteiger partial charge in [-0.25, -0.2) is 4.79 Å². The van der Waals surface area contributed by atoms with Crippen molar-refractivity contribution in [1.82, 2.24) is 4.57 Å². The molecule has 0 spiro atoms. The number of esters is 1. The molecule has 104 valence electrons. The van der Waals surface area contributed by atoms with E-state index in [1.807, 2.05) is 34.9 Å². The first-order valence-corrected chi connectivity index (χ1v) is 6.24. The van der Waals surface area contributed by atoms with Crippen molar-refractivity contribution in [3.63, 3.8) is 0 Å². The summed E-state index contributed by atoms with van der Waals surface area (Å²) in [4.78, 5) is 11.5. The Morgan fingerprint density at radius 3 is 2.85 bits per heavy atom. The van der Waals surface area contributed by atoms with Crippen molar-refractivity contribution in [3.05, 3.63) is 60.8 Å². The van der Waals surface area contributed by atoms with Gasteiger partial charge >= 0.3 is 5.97 Å². The van der Waals surface area contributed by atoms with Crippen LogP contribution in [0.1, 0.15) is 11.8 Å². The van der Waals surface area contributed by atoms with E-state index in [2.05, 4.69) is 17.9 Å². The molecule has 0 saturated heterocycles. The number of hydrogen-bond donors (Lipinski definition) is 1. The van der Waals surface area contributed by atoms with Gasteiger partial charge in [0.2, 0.25) is 0 Å². The fraction of sp³-hybridized carbons (Fsp3) is 0.188. The van der Waals surface area contributed by atoms with E-state index in [9.17, 15) is 9.90 Å². The van der Waals surface area contributed by atoms with E-state index in [0.29, 0.717) is 12.2 Å². The van der Waals surface area contributed by atoms with Crippen LogP contribution >= 0.6 is 0 Å². The molecule has 0 amide bonds. The Morgan fingerprint density at radius 1 is 1.50 bits per heavy atom. The number of rotatable bonds is 5. The van der Waals surface area contributed by atoms with Crippen LogP contribution in [0.2, 0.25) is 0 Å². The van der Waals surface area contributed by atoms with Crippen molar-refractivity contribution in [3.8, 4) is 0 Å². The molecule has 20 heavy (non-hydrogen) atoms. The van der Waals surface area contributed by atoms with Crippen LogP contribution in [0.25, 0.3) is 10.9 Å². The number of para-hydroxylation sites is 1. The second kappa shape index (κ2) is 5.75. The van der Waals surface area contributed by atoms with Crippen molar-refractivity contribution >= 4 is 16.9 Å². The monoisotopic (exact) mass is 271 g/mol. The zero-order valence-electron chi connectivity index (χ0n) is 11.4. The second-order valence-corrected chi connectivity index (χ2v) is 4.45. The van der Waals surface area contributed by atoms with Crippen molar-refractivity contribution in [2.45, 2.75) is 12.6 Å². The molecule has 0 bridgehead atoms. The summed E-state index contributed by atoms with van der Waals surface area (Å²) < 4.78 is 6.50. The number of ether oxygens (including phenoxy) is 1. The summed E-state index contributed by atoms with van der Waals surface area (Å²) in [5.74, 6) is -0.618. The average molecular weight is 271 g/mol. The first kappa shape index (κ1) is 14.1. The molecule has 0 aliphatic carbocycles. The van der Waals surface area contributed by atoms with Crippen LogP contribution in [0, 0.1) is 0 Å². The lowest BCUT2D eigenvalue weighted by atomic mass is 10.1. The van der Waals surface area contributed by atoms with Crippen LogP contribution in [-0.4, -0.2) is 22.8 Å². The minimum atomic E-state index is -1.10. The third-order valence-corrected chi connectivity index (χ3v) is 3.21. The maximum Gasteiger partial charge on any atom is 0.336 e. The predicted molar refractivity (Wildman–Crippen MR) is 78.3 cm³/mol. The van der Waals surface area contributed by atoms with Gasteiger partial charge in [0, 0.05) is 12.1 Å². The van der Waals surface area contributed by atoms with Gasteiger partial charge in [-0.15, -0.1) is 6.58 Å². The maximum absolute atomic E-state index is 11.5. The normalized spacial score (nSPS) is 12.1. The summed E-state index contributed by atoms with van der Waals surface area (Å²) in [5.41, 5.74) is 1.58. The summed E-state index contributed by atoms with van der Waals surface area (Å²) in [6, 6.07) is 9.60. The molecule has 0 radical (unpaired) electrons. The zero-order valence-corrected chi connectivity index (χ0v) is 11.4. The van der Waals surface area contributed by atoms with Gasteiger partial charge in [0.1, 0.15) is 6.10 Å². The van der Waals surface area contributed by atoms with Gasteiger partial charge < -0.3 is 14.4 Å². The van der Waals surface area contributed by atoms with Crippen LogP contribution < -0.4 is 0 Å². The minimum Gasteiger partial charge on any atom is -0.466 e. The Kier molecular flexibility index (Phi) is 4.05. The van der Waals surface area contributed by atoms with Crippen molar-refractivity contribution in [2.75, 3.05) is 7.11 Å². The summed E-state index contributed by atoms with van der Waals surface area (Å²) in [7, 11) is 1.26. The number of aliphatic hydroxyl groups is 1. The summed E-state index contributed by atoms with van der Waals surface area (Å²) >= 11 is 0. The standard InChI is InChI=1S/C16H17NO3/c1-4-9-17-13-8-6-5-7-12(13)10-14(17)15(18)11(2)16(19)20-3/h4-8,10,15,18H,1-2,9H2,3H3. The fourth-order valence-electron chi connectivity index (χ4n) is 2.21. The van der Waals surface area contributed by atoms with Gasteiger partial charge in [-0.3, -0.25) is 0 Å². The highest BCUT2D eigenvalue weighted by Crippen LogP contribution is 2.28. The third-order valence-electron chi connectivity index (χ3n) is 3.21. The number of aromatic nitrogens is 1. The van der Waals surface area contributed by atoms with Gasteiger partial charge in [-0.05, 0) is 17.5 Å². The van der Waals surface area contributed by atoms with Crippen molar-refractivity contribution in [1.29, 1.82) is 0 Å². The van der Waals surface area contributed by atoms with Crippen LogP contribution in [0.3, 0.4) is 0 Å². The first-order valence-electron chi connectivity index (χ1n) is 6.24. The SMILES string of the molecule is C=CCn1c(C(O)C(=C)C(=O)OC)cc2ccccc21. The fourth-order valence-corrected chi connectivity index (χ4v) is 2.21. The molecule has 0 aliphatic rings. The largest absolute Gasteiger partial charge is 0.466 e. The number of hydrogen-bond acceptors (Lipinski definition) is 3. The number of carbonyl (C=O) groups is 1. The Labute approximate surface area is 117 Å².